The number of aryl methyl sites for hydroxylation is 2. The number of carbonyl (C=O) groups is 1. The van der Waals surface area contributed by atoms with Gasteiger partial charge in [-0.05, 0) is 12.0 Å². The van der Waals surface area contributed by atoms with Crippen molar-refractivity contribution < 1.29 is 4.79 Å². The average Bonchev–Trinajstić information content (AvgIpc) is 2.73. The number of hydrogen-bond donors (Lipinski definition) is 0. The van der Waals surface area contributed by atoms with Gasteiger partial charge in [0, 0.05) is 19.7 Å². The lowest BCUT2D eigenvalue weighted by Gasteiger charge is -1.99. The molecule has 1 aromatic heterocycles. The zero-order valence-electron chi connectivity index (χ0n) is 9.84. The average molecular weight is 229 g/mol. The molecule has 0 aliphatic carbocycles. The molecule has 17 heavy (non-hydrogen) atoms. The largest absolute Gasteiger partial charge is 0.299 e. The van der Waals surface area contributed by atoms with E-state index in [2.05, 4.69) is 10.3 Å². The molecule has 2 aromatic rings. The SMILES string of the molecule is Cn1cc(CC(=O)CCc2ccccc2)nn1. The molecule has 4 nitrogen and oxygen atoms in total. The topological polar surface area (TPSA) is 47.8 Å². The maximum atomic E-state index is 11.7. The van der Waals surface area contributed by atoms with Crippen LogP contribution < -0.4 is 0 Å². The first-order chi connectivity index (χ1) is 8.24. The summed E-state index contributed by atoms with van der Waals surface area (Å²) in [6.07, 6.45) is 3.50. The monoisotopic (exact) mass is 229 g/mol. The highest BCUT2D eigenvalue weighted by molar-refractivity contribution is 5.80. The van der Waals surface area contributed by atoms with Gasteiger partial charge in [0.05, 0.1) is 12.1 Å². The lowest BCUT2D eigenvalue weighted by Crippen LogP contribution is -2.04. The van der Waals surface area contributed by atoms with Crippen molar-refractivity contribution in [3.63, 3.8) is 0 Å². The van der Waals surface area contributed by atoms with E-state index < -0.39 is 0 Å². The molecule has 4 heteroatoms. The summed E-state index contributed by atoms with van der Waals surface area (Å²) >= 11 is 0. The van der Waals surface area contributed by atoms with E-state index in [4.69, 9.17) is 0 Å². The Morgan fingerprint density at radius 1 is 1.29 bits per heavy atom. The van der Waals surface area contributed by atoms with E-state index in [0.29, 0.717) is 12.8 Å². The van der Waals surface area contributed by atoms with Gasteiger partial charge >= 0.3 is 0 Å². The summed E-state index contributed by atoms with van der Waals surface area (Å²) in [7, 11) is 1.80. The van der Waals surface area contributed by atoms with Crippen LogP contribution in [0.15, 0.2) is 36.5 Å². The van der Waals surface area contributed by atoms with Crippen LogP contribution in [0.2, 0.25) is 0 Å². The molecule has 0 fully saturated rings. The molecule has 0 amide bonds. The van der Waals surface area contributed by atoms with E-state index in [0.717, 1.165) is 12.1 Å². The summed E-state index contributed by atoms with van der Waals surface area (Å²) in [5.74, 6) is 0.203. The molecule has 88 valence electrons. The smallest absolute Gasteiger partial charge is 0.139 e. The molecule has 1 aromatic carbocycles. The molecule has 2 rings (SSSR count). The molecule has 0 saturated carbocycles. The van der Waals surface area contributed by atoms with Gasteiger partial charge in [-0.15, -0.1) is 5.10 Å². The first-order valence-electron chi connectivity index (χ1n) is 5.65. The summed E-state index contributed by atoms with van der Waals surface area (Å²) in [5.41, 5.74) is 1.94. The molecule has 0 bridgehead atoms. The first-order valence-corrected chi connectivity index (χ1v) is 5.65. The maximum Gasteiger partial charge on any atom is 0.139 e. The van der Waals surface area contributed by atoms with Crippen molar-refractivity contribution in [3.05, 3.63) is 47.8 Å². The number of carbonyl (C=O) groups excluding carboxylic acids is 1. The van der Waals surface area contributed by atoms with Crippen molar-refractivity contribution in [3.8, 4) is 0 Å². The third-order valence-electron chi connectivity index (χ3n) is 2.56. The van der Waals surface area contributed by atoms with Gasteiger partial charge < -0.3 is 0 Å². The van der Waals surface area contributed by atoms with Crippen LogP contribution in [0.4, 0.5) is 0 Å². The second-order valence-corrected chi connectivity index (χ2v) is 4.08. The van der Waals surface area contributed by atoms with Crippen LogP contribution in [0.5, 0.6) is 0 Å². The van der Waals surface area contributed by atoms with Crippen LogP contribution in [0.3, 0.4) is 0 Å². The van der Waals surface area contributed by atoms with Gasteiger partial charge in [-0.1, -0.05) is 35.5 Å². The summed E-state index contributed by atoms with van der Waals surface area (Å²) in [4.78, 5) is 11.7. The molecular formula is C13H15N3O. The number of benzene rings is 1. The maximum absolute atomic E-state index is 11.7. The second-order valence-electron chi connectivity index (χ2n) is 4.08. The quantitative estimate of drug-likeness (QED) is 0.781. The van der Waals surface area contributed by atoms with E-state index in [9.17, 15) is 4.79 Å². The lowest BCUT2D eigenvalue weighted by atomic mass is 10.1. The Kier molecular flexibility index (Phi) is 3.65. The third-order valence-corrected chi connectivity index (χ3v) is 2.56. The minimum absolute atomic E-state index is 0.203. The van der Waals surface area contributed by atoms with E-state index in [1.54, 1.807) is 17.9 Å². The van der Waals surface area contributed by atoms with Gasteiger partial charge in [-0.25, -0.2) is 0 Å². The van der Waals surface area contributed by atoms with Crippen LogP contribution in [-0.4, -0.2) is 20.8 Å². The number of aromatic nitrogens is 3. The fourth-order valence-electron chi connectivity index (χ4n) is 1.70. The van der Waals surface area contributed by atoms with Crippen LogP contribution in [-0.2, 0) is 24.7 Å². The number of nitrogens with zero attached hydrogens (tertiary/aromatic N) is 3. The minimum atomic E-state index is 0.203. The van der Waals surface area contributed by atoms with E-state index in [1.165, 1.54) is 5.56 Å². The highest BCUT2D eigenvalue weighted by atomic mass is 16.1. The molecular weight excluding hydrogens is 214 g/mol. The van der Waals surface area contributed by atoms with E-state index in [1.807, 2.05) is 30.3 Å². The number of ketones is 1. The van der Waals surface area contributed by atoms with Crippen LogP contribution in [0, 0.1) is 0 Å². The van der Waals surface area contributed by atoms with Crippen molar-refractivity contribution in [2.24, 2.45) is 7.05 Å². The van der Waals surface area contributed by atoms with Gasteiger partial charge in [0.2, 0.25) is 0 Å². The molecule has 0 aliphatic rings. The Balaban J connectivity index is 1.82. The van der Waals surface area contributed by atoms with Crippen molar-refractivity contribution in [2.75, 3.05) is 0 Å². The highest BCUT2D eigenvalue weighted by Crippen LogP contribution is 2.05. The summed E-state index contributed by atoms with van der Waals surface area (Å²) in [5, 5.41) is 7.71. The Labute approximate surface area is 100 Å². The molecule has 0 spiro atoms. The molecule has 0 aliphatic heterocycles. The van der Waals surface area contributed by atoms with Crippen LogP contribution in [0.1, 0.15) is 17.7 Å². The van der Waals surface area contributed by atoms with Gasteiger partial charge in [0.1, 0.15) is 5.78 Å². The fourth-order valence-corrected chi connectivity index (χ4v) is 1.70. The van der Waals surface area contributed by atoms with Crippen molar-refractivity contribution in [1.29, 1.82) is 0 Å². The lowest BCUT2D eigenvalue weighted by molar-refractivity contribution is -0.118. The molecule has 1 heterocycles. The molecule has 0 atom stereocenters. The number of Topliss-reactive ketones (excluding diaryl/α,β-unsaturated/α-hetero) is 1. The van der Waals surface area contributed by atoms with Gasteiger partial charge in [0.15, 0.2) is 0 Å². The van der Waals surface area contributed by atoms with Gasteiger partial charge in [0.25, 0.3) is 0 Å². The predicted molar refractivity (Wildman–Crippen MR) is 64.5 cm³/mol. The number of hydrogen-bond acceptors (Lipinski definition) is 3. The Bertz CT molecular complexity index is 490. The summed E-state index contributed by atoms with van der Waals surface area (Å²) in [6, 6.07) is 10.0. The normalized spacial score (nSPS) is 10.4. The van der Waals surface area contributed by atoms with Crippen LogP contribution in [0.25, 0.3) is 0 Å². The Morgan fingerprint density at radius 2 is 2.06 bits per heavy atom. The summed E-state index contributed by atoms with van der Waals surface area (Å²) in [6.45, 7) is 0. The van der Waals surface area contributed by atoms with Crippen LogP contribution >= 0.6 is 0 Å². The van der Waals surface area contributed by atoms with Crippen molar-refractivity contribution in [2.45, 2.75) is 19.3 Å². The standard InChI is InChI=1S/C13H15N3O/c1-16-10-12(14-15-16)9-13(17)8-7-11-5-3-2-4-6-11/h2-6,10H,7-9H2,1H3. The molecule has 0 unspecified atom stereocenters. The molecule has 0 N–H and O–H groups in total. The molecule has 0 saturated heterocycles. The minimum Gasteiger partial charge on any atom is -0.299 e. The van der Waals surface area contributed by atoms with E-state index in [-0.39, 0.29) is 5.78 Å². The molecule has 0 radical (unpaired) electrons. The zero-order valence-corrected chi connectivity index (χ0v) is 9.84. The van der Waals surface area contributed by atoms with Gasteiger partial charge in [-0.3, -0.25) is 9.48 Å². The van der Waals surface area contributed by atoms with Crippen molar-refractivity contribution in [1.82, 2.24) is 15.0 Å². The Morgan fingerprint density at radius 3 is 2.71 bits per heavy atom. The third kappa shape index (κ3) is 3.52. The highest BCUT2D eigenvalue weighted by Gasteiger charge is 2.07. The fraction of sp³-hybridized carbons (Fsp3) is 0.308. The van der Waals surface area contributed by atoms with E-state index >= 15 is 0 Å². The summed E-state index contributed by atoms with van der Waals surface area (Å²) < 4.78 is 1.61. The van der Waals surface area contributed by atoms with Gasteiger partial charge in [-0.2, -0.15) is 0 Å². The van der Waals surface area contributed by atoms with Crippen molar-refractivity contribution >= 4 is 5.78 Å². The number of rotatable bonds is 5. The zero-order chi connectivity index (χ0) is 12.1. The Hall–Kier alpha value is -1.97. The second kappa shape index (κ2) is 5.39. The predicted octanol–water partition coefficient (Wildman–Crippen LogP) is 1.56. The first kappa shape index (κ1) is 11.5.